The van der Waals surface area contributed by atoms with Crippen molar-refractivity contribution >= 4 is 11.7 Å². The van der Waals surface area contributed by atoms with Crippen LogP contribution in [0.25, 0.3) is 0 Å². The van der Waals surface area contributed by atoms with Crippen LogP contribution in [0.1, 0.15) is 11.7 Å². The second-order valence-corrected chi connectivity index (χ2v) is 3.20. The zero-order valence-corrected chi connectivity index (χ0v) is 8.10. The molecule has 1 rings (SSSR count). The fourth-order valence-electron chi connectivity index (χ4n) is 1.09. The Bertz CT molecular complexity index is 319. The molecule has 0 bridgehead atoms. The Hall–Kier alpha value is -1.55. The summed E-state index contributed by atoms with van der Waals surface area (Å²) in [5, 5.41) is 19.6. The van der Waals surface area contributed by atoms with Gasteiger partial charge in [-0.15, -0.1) is 0 Å². The van der Waals surface area contributed by atoms with E-state index in [-0.39, 0.29) is 5.56 Å². The number of hydrogen-bond acceptors (Lipinski definition) is 3. The van der Waals surface area contributed by atoms with Crippen molar-refractivity contribution in [2.75, 3.05) is 19.0 Å². The Morgan fingerprint density at radius 2 is 1.86 bits per heavy atom. The van der Waals surface area contributed by atoms with E-state index >= 15 is 0 Å². The van der Waals surface area contributed by atoms with Gasteiger partial charge < -0.3 is 15.1 Å². The lowest BCUT2D eigenvalue weighted by Gasteiger charge is -2.19. The fourth-order valence-corrected chi connectivity index (χ4v) is 1.09. The summed E-state index contributed by atoms with van der Waals surface area (Å²) in [4.78, 5) is 12.3. The van der Waals surface area contributed by atoms with Gasteiger partial charge in [0.25, 0.3) is 5.97 Å². The summed E-state index contributed by atoms with van der Waals surface area (Å²) in [5.74, 6) is -1.34. The standard InChI is InChI=1S/C10H12NO3/c1-11(2)8-5-3-7(4-6-8)9(12)10(13)14/h3-6,9H,1-2H3,(H,13,14)/q-1. The Kier molecular flexibility index (Phi) is 3.09. The summed E-state index contributed by atoms with van der Waals surface area (Å²) < 4.78 is 0. The number of aliphatic carboxylic acids is 1. The van der Waals surface area contributed by atoms with Crippen molar-refractivity contribution in [1.82, 2.24) is 0 Å². The second kappa shape index (κ2) is 4.11. The third-order valence-corrected chi connectivity index (χ3v) is 1.94. The Morgan fingerprint density at radius 3 is 2.21 bits per heavy atom. The molecule has 14 heavy (non-hydrogen) atoms. The van der Waals surface area contributed by atoms with Crippen molar-refractivity contribution < 1.29 is 15.0 Å². The Morgan fingerprint density at radius 1 is 1.36 bits per heavy atom. The largest absolute Gasteiger partial charge is 0.840 e. The maximum absolute atomic E-state index is 11.1. The van der Waals surface area contributed by atoms with Crippen LogP contribution in [0.5, 0.6) is 0 Å². The van der Waals surface area contributed by atoms with Crippen molar-refractivity contribution in [2.24, 2.45) is 0 Å². The van der Waals surface area contributed by atoms with E-state index in [0.29, 0.717) is 0 Å². The maximum Gasteiger partial charge on any atom is 0.294 e. The molecule has 0 aliphatic heterocycles. The predicted octanol–water partition coefficient (Wildman–Crippen LogP) is 0.239. The molecule has 0 aliphatic carbocycles. The molecule has 1 N–H and O–H groups in total. The van der Waals surface area contributed by atoms with Crippen molar-refractivity contribution in [3.05, 3.63) is 29.8 Å². The minimum Gasteiger partial charge on any atom is -0.840 e. The number of benzene rings is 1. The van der Waals surface area contributed by atoms with E-state index in [1.165, 1.54) is 0 Å². The summed E-state index contributed by atoms with van der Waals surface area (Å²) in [5.41, 5.74) is 1.22. The van der Waals surface area contributed by atoms with Crippen LogP contribution >= 0.6 is 0 Å². The summed E-state index contributed by atoms with van der Waals surface area (Å²) in [6.07, 6.45) is -1.69. The molecule has 1 aromatic rings. The third kappa shape index (κ3) is 2.23. The van der Waals surface area contributed by atoms with Gasteiger partial charge in [0.05, 0.1) is 0 Å². The molecule has 1 aromatic carbocycles. The normalized spacial score (nSPS) is 12.2. The lowest BCUT2D eigenvalue weighted by Crippen LogP contribution is -2.24. The lowest BCUT2D eigenvalue weighted by molar-refractivity contribution is -0.413. The molecular weight excluding hydrogens is 182 g/mol. The van der Waals surface area contributed by atoms with Gasteiger partial charge in [-0.2, -0.15) is 0 Å². The van der Waals surface area contributed by atoms with Crippen LogP contribution in [0.15, 0.2) is 24.3 Å². The molecule has 4 nitrogen and oxygen atoms in total. The van der Waals surface area contributed by atoms with E-state index in [1.54, 1.807) is 24.3 Å². The van der Waals surface area contributed by atoms with Crippen LogP contribution in [0.3, 0.4) is 0 Å². The summed E-state index contributed by atoms with van der Waals surface area (Å²) >= 11 is 0. The molecular formula is C10H12NO3-. The second-order valence-electron chi connectivity index (χ2n) is 3.20. The predicted molar refractivity (Wildman–Crippen MR) is 51.1 cm³/mol. The van der Waals surface area contributed by atoms with Gasteiger partial charge >= 0.3 is 0 Å². The number of hydrogen-bond donors (Lipinski definition) is 1. The van der Waals surface area contributed by atoms with Crippen molar-refractivity contribution in [2.45, 2.75) is 6.10 Å². The van der Waals surface area contributed by atoms with E-state index in [0.717, 1.165) is 5.69 Å². The summed E-state index contributed by atoms with van der Waals surface area (Å²) in [7, 11) is 3.75. The first kappa shape index (κ1) is 10.5. The number of carboxylic acids is 1. The van der Waals surface area contributed by atoms with Gasteiger partial charge in [-0.3, -0.25) is 4.79 Å². The maximum atomic E-state index is 11.1. The van der Waals surface area contributed by atoms with Gasteiger partial charge in [0.15, 0.2) is 0 Å². The minimum atomic E-state index is -1.69. The van der Waals surface area contributed by atoms with E-state index in [2.05, 4.69) is 0 Å². The SMILES string of the molecule is CN(C)c1ccc(C([O-])C(=O)O)cc1. The van der Waals surface area contributed by atoms with Crippen LogP contribution in [0.4, 0.5) is 5.69 Å². The molecule has 0 saturated carbocycles. The molecule has 4 heteroatoms. The average Bonchev–Trinajstić information content (AvgIpc) is 2.16. The van der Waals surface area contributed by atoms with Gasteiger partial charge in [-0.1, -0.05) is 17.7 Å². The van der Waals surface area contributed by atoms with Gasteiger partial charge in [0.2, 0.25) is 0 Å². The third-order valence-electron chi connectivity index (χ3n) is 1.94. The zero-order valence-electron chi connectivity index (χ0n) is 8.10. The quantitative estimate of drug-likeness (QED) is 0.748. The van der Waals surface area contributed by atoms with Crippen LogP contribution in [0.2, 0.25) is 0 Å². The van der Waals surface area contributed by atoms with Crippen molar-refractivity contribution in [3.8, 4) is 0 Å². The molecule has 76 valence electrons. The molecule has 0 aliphatic rings. The highest BCUT2D eigenvalue weighted by Gasteiger charge is 2.06. The zero-order chi connectivity index (χ0) is 10.7. The first-order chi connectivity index (χ1) is 6.52. The molecule has 0 amide bonds. The number of carboxylic acid groups (broad SMARTS) is 1. The Labute approximate surface area is 82.4 Å². The Balaban J connectivity index is 2.88. The van der Waals surface area contributed by atoms with Crippen LogP contribution < -0.4 is 10.0 Å². The number of carbonyl (C=O) groups is 1. The lowest BCUT2D eigenvalue weighted by atomic mass is 10.1. The highest BCUT2D eigenvalue weighted by molar-refractivity contribution is 5.73. The van der Waals surface area contributed by atoms with Gasteiger partial charge in [-0.05, 0) is 12.1 Å². The summed E-state index contributed by atoms with van der Waals surface area (Å²) in [6, 6.07) is 6.54. The number of anilines is 1. The van der Waals surface area contributed by atoms with E-state index < -0.39 is 12.1 Å². The first-order valence-electron chi connectivity index (χ1n) is 4.18. The molecule has 0 aromatic heterocycles. The van der Waals surface area contributed by atoms with Gasteiger partial charge in [0.1, 0.15) is 0 Å². The fraction of sp³-hybridized carbons (Fsp3) is 0.300. The van der Waals surface area contributed by atoms with E-state index in [4.69, 9.17) is 5.11 Å². The van der Waals surface area contributed by atoms with E-state index in [9.17, 15) is 9.90 Å². The number of nitrogens with zero attached hydrogens (tertiary/aromatic N) is 1. The molecule has 0 heterocycles. The van der Waals surface area contributed by atoms with Crippen molar-refractivity contribution in [1.29, 1.82) is 0 Å². The van der Waals surface area contributed by atoms with Crippen LogP contribution in [-0.2, 0) is 4.79 Å². The highest BCUT2D eigenvalue weighted by atomic mass is 16.4. The van der Waals surface area contributed by atoms with Gasteiger partial charge in [-0.25, -0.2) is 0 Å². The number of rotatable bonds is 3. The van der Waals surface area contributed by atoms with Gasteiger partial charge in [0, 0.05) is 25.9 Å². The first-order valence-corrected chi connectivity index (χ1v) is 4.18. The van der Waals surface area contributed by atoms with Crippen LogP contribution in [0, 0.1) is 0 Å². The summed E-state index contributed by atoms with van der Waals surface area (Å²) in [6.45, 7) is 0. The molecule has 1 unspecified atom stereocenters. The molecule has 0 saturated heterocycles. The smallest absolute Gasteiger partial charge is 0.294 e. The molecule has 0 spiro atoms. The molecule has 0 fully saturated rings. The molecule has 1 atom stereocenters. The van der Waals surface area contributed by atoms with E-state index in [1.807, 2.05) is 19.0 Å². The average molecular weight is 194 g/mol. The van der Waals surface area contributed by atoms with Crippen LogP contribution in [-0.4, -0.2) is 25.2 Å². The monoisotopic (exact) mass is 194 g/mol. The highest BCUT2D eigenvalue weighted by Crippen LogP contribution is 2.16. The molecule has 0 radical (unpaired) electrons. The van der Waals surface area contributed by atoms with Crippen molar-refractivity contribution in [3.63, 3.8) is 0 Å². The minimum absolute atomic E-state index is 0.281. The topological polar surface area (TPSA) is 63.6 Å².